The molecule has 2 aromatic carbocycles. The van der Waals surface area contributed by atoms with Crippen molar-refractivity contribution in [2.75, 3.05) is 14.2 Å². The van der Waals surface area contributed by atoms with Crippen molar-refractivity contribution < 1.29 is 19.0 Å². The Balaban J connectivity index is 2.42. The molecule has 0 fully saturated rings. The van der Waals surface area contributed by atoms with Gasteiger partial charge in [-0.25, -0.2) is 0 Å². The van der Waals surface area contributed by atoms with Crippen molar-refractivity contribution in [3.8, 4) is 17.2 Å². The van der Waals surface area contributed by atoms with Crippen molar-refractivity contribution >= 4 is 21.9 Å². The van der Waals surface area contributed by atoms with Crippen LogP contribution in [0.4, 0.5) is 0 Å². The van der Waals surface area contributed by atoms with E-state index in [0.29, 0.717) is 46.5 Å². The molecule has 0 saturated carbocycles. The van der Waals surface area contributed by atoms with Gasteiger partial charge in [0.15, 0.2) is 0 Å². The summed E-state index contributed by atoms with van der Waals surface area (Å²) in [6.07, 6.45) is 5.00. The number of allylic oxidation sites excluding steroid dienone is 4. The van der Waals surface area contributed by atoms with Gasteiger partial charge in [0.1, 0.15) is 33.8 Å². The number of phenols is 1. The average Bonchev–Trinajstić information content (AvgIpc) is 2.70. The van der Waals surface area contributed by atoms with E-state index in [2.05, 4.69) is 0 Å². The molecule has 3 rings (SSSR count). The van der Waals surface area contributed by atoms with Crippen LogP contribution >= 0.6 is 0 Å². The van der Waals surface area contributed by atoms with Crippen molar-refractivity contribution in [3.05, 3.63) is 62.8 Å². The zero-order valence-electron chi connectivity index (χ0n) is 18.4. The number of benzene rings is 2. The number of hydrogen-bond donors (Lipinski definition) is 1. The van der Waals surface area contributed by atoms with E-state index in [0.717, 1.165) is 16.7 Å². The Morgan fingerprint density at radius 1 is 0.900 bits per heavy atom. The van der Waals surface area contributed by atoms with Crippen LogP contribution in [0.5, 0.6) is 17.2 Å². The second kappa shape index (κ2) is 8.66. The molecule has 3 aromatic rings. The molecular weight excluding hydrogens is 380 g/mol. The Morgan fingerprint density at radius 2 is 1.50 bits per heavy atom. The molecule has 1 N–H and O–H groups in total. The smallest absolute Gasteiger partial charge is 0.204 e. The molecule has 158 valence electrons. The highest BCUT2D eigenvalue weighted by molar-refractivity contribution is 5.97. The maximum atomic E-state index is 13.6. The van der Waals surface area contributed by atoms with Crippen molar-refractivity contribution in [2.45, 2.75) is 40.5 Å². The summed E-state index contributed by atoms with van der Waals surface area (Å²) in [7, 11) is 3.11. The molecule has 1 aromatic heterocycles. The lowest BCUT2D eigenvalue weighted by molar-refractivity contribution is 0.402. The number of ether oxygens (including phenoxy) is 2. The molecule has 0 aliphatic carbocycles. The van der Waals surface area contributed by atoms with Gasteiger partial charge in [0.2, 0.25) is 5.43 Å². The predicted octanol–water partition coefficient (Wildman–Crippen LogP) is 5.69. The summed E-state index contributed by atoms with van der Waals surface area (Å²) in [4.78, 5) is 13.6. The SMILES string of the molecule is COc1cc2oc3ccc(OC)c(CC=C(C)C)c3c(=O)c2c(O)c1CC=C(C)C. The summed E-state index contributed by atoms with van der Waals surface area (Å²) in [6, 6.07) is 5.19. The van der Waals surface area contributed by atoms with Crippen LogP contribution in [0.25, 0.3) is 21.9 Å². The summed E-state index contributed by atoms with van der Waals surface area (Å²) < 4.78 is 17.0. The van der Waals surface area contributed by atoms with Crippen LogP contribution in [0.15, 0.2) is 50.7 Å². The first-order valence-electron chi connectivity index (χ1n) is 9.90. The minimum absolute atomic E-state index is 0.103. The lowest BCUT2D eigenvalue weighted by Crippen LogP contribution is -2.08. The molecule has 0 saturated heterocycles. The van der Waals surface area contributed by atoms with Crippen molar-refractivity contribution in [1.29, 1.82) is 0 Å². The van der Waals surface area contributed by atoms with Crippen LogP contribution in [0.1, 0.15) is 38.8 Å². The lowest BCUT2D eigenvalue weighted by atomic mass is 9.99. The number of methoxy groups -OCH3 is 2. The van der Waals surface area contributed by atoms with E-state index in [1.165, 1.54) is 7.11 Å². The Bertz CT molecular complexity index is 1220. The van der Waals surface area contributed by atoms with Gasteiger partial charge in [-0.1, -0.05) is 23.3 Å². The quantitative estimate of drug-likeness (QED) is 0.419. The minimum Gasteiger partial charge on any atom is -0.507 e. The summed E-state index contributed by atoms with van der Waals surface area (Å²) >= 11 is 0. The van der Waals surface area contributed by atoms with Crippen LogP contribution in [0, 0.1) is 0 Å². The second-order valence-electron chi connectivity index (χ2n) is 7.80. The minimum atomic E-state index is -0.277. The van der Waals surface area contributed by atoms with E-state index in [-0.39, 0.29) is 16.6 Å². The Hall–Kier alpha value is -3.21. The number of fused-ring (bicyclic) bond motifs is 2. The lowest BCUT2D eigenvalue weighted by Gasteiger charge is -2.14. The second-order valence-corrected chi connectivity index (χ2v) is 7.80. The number of rotatable bonds is 6. The van der Waals surface area contributed by atoms with Gasteiger partial charge in [-0.2, -0.15) is 0 Å². The van der Waals surface area contributed by atoms with E-state index in [4.69, 9.17) is 13.9 Å². The standard InChI is InChI=1S/C25H28O5/c1-14(2)7-9-16-18(28-5)11-12-19-22(16)25(27)23-21(30-19)13-20(29-6)17(24(23)26)10-8-15(3)4/h7-8,11-13,26H,9-10H2,1-6H3. The zero-order valence-corrected chi connectivity index (χ0v) is 18.4. The molecular formula is C25H28O5. The van der Waals surface area contributed by atoms with Gasteiger partial charge < -0.3 is 19.0 Å². The number of phenolic OH excluding ortho intramolecular Hbond substituents is 1. The van der Waals surface area contributed by atoms with Gasteiger partial charge >= 0.3 is 0 Å². The highest BCUT2D eigenvalue weighted by Crippen LogP contribution is 2.38. The van der Waals surface area contributed by atoms with E-state index in [1.807, 2.05) is 39.8 Å². The molecule has 0 spiro atoms. The largest absolute Gasteiger partial charge is 0.507 e. The fraction of sp³-hybridized carbons (Fsp3) is 0.320. The first-order valence-corrected chi connectivity index (χ1v) is 9.90. The Kier molecular flexibility index (Phi) is 6.20. The van der Waals surface area contributed by atoms with Crippen LogP contribution in [0.2, 0.25) is 0 Å². The fourth-order valence-electron chi connectivity index (χ4n) is 3.53. The molecule has 1 heterocycles. The first kappa shape index (κ1) is 21.5. The third-order valence-electron chi connectivity index (χ3n) is 5.10. The van der Waals surface area contributed by atoms with Crippen LogP contribution < -0.4 is 14.9 Å². The highest BCUT2D eigenvalue weighted by Gasteiger charge is 2.21. The maximum Gasteiger partial charge on any atom is 0.204 e. The molecule has 30 heavy (non-hydrogen) atoms. The zero-order chi connectivity index (χ0) is 22.0. The van der Waals surface area contributed by atoms with Gasteiger partial charge in [0.25, 0.3) is 0 Å². The first-order chi connectivity index (χ1) is 14.3. The summed E-state index contributed by atoms with van der Waals surface area (Å²) in [5, 5.41) is 11.6. The van der Waals surface area contributed by atoms with Gasteiger partial charge in [0, 0.05) is 17.2 Å². The molecule has 0 atom stereocenters. The molecule has 0 bridgehead atoms. The number of aromatic hydroxyl groups is 1. The average molecular weight is 408 g/mol. The molecule has 5 nitrogen and oxygen atoms in total. The molecule has 5 heteroatoms. The number of hydrogen-bond acceptors (Lipinski definition) is 5. The van der Waals surface area contributed by atoms with Gasteiger partial charge in [-0.3, -0.25) is 4.79 Å². The van der Waals surface area contributed by atoms with Crippen molar-refractivity contribution in [3.63, 3.8) is 0 Å². The molecule has 0 amide bonds. The van der Waals surface area contributed by atoms with Crippen molar-refractivity contribution in [1.82, 2.24) is 0 Å². The van der Waals surface area contributed by atoms with E-state index >= 15 is 0 Å². The topological polar surface area (TPSA) is 68.9 Å². The predicted molar refractivity (Wildman–Crippen MR) is 121 cm³/mol. The highest BCUT2D eigenvalue weighted by atomic mass is 16.5. The summed E-state index contributed by atoms with van der Waals surface area (Å²) in [6.45, 7) is 7.97. The Morgan fingerprint density at radius 3 is 2.07 bits per heavy atom. The van der Waals surface area contributed by atoms with Crippen LogP contribution in [-0.2, 0) is 12.8 Å². The van der Waals surface area contributed by atoms with Gasteiger partial charge in [-0.15, -0.1) is 0 Å². The Labute approximate surface area is 176 Å². The third kappa shape index (κ3) is 3.92. The summed E-state index contributed by atoms with van der Waals surface area (Å²) in [5.41, 5.74) is 4.01. The van der Waals surface area contributed by atoms with Crippen LogP contribution in [-0.4, -0.2) is 19.3 Å². The van der Waals surface area contributed by atoms with E-state index in [9.17, 15) is 9.90 Å². The van der Waals surface area contributed by atoms with Gasteiger partial charge in [-0.05, 0) is 52.7 Å². The monoisotopic (exact) mass is 408 g/mol. The van der Waals surface area contributed by atoms with Crippen molar-refractivity contribution in [2.24, 2.45) is 0 Å². The maximum absolute atomic E-state index is 13.6. The molecule has 0 aliphatic rings. The molecule has 0 unspecified atom stereocenters. The van der Waals surface area contributed by atoms with Gasteiger partial charge in [0.05, 0.1) is 19.6 Å². The van der Waals surface area contributed by atoms with Crippen LogP contribution in [0.3, 0.4) is 0 Å². The molecule has 0 radical (unpaired) electrons. The summed E-state index contributed by atoms with van der Waals surface area (Å²) in [5.74, 6) is 0.996. The normalized spacial score (nSPS) is 10.9. The third-order valence-corrected chi connectivity index (χ3v) is 5.10. The molecule has 0 aliphatic heterocycles. The van der Waals surface area contributed by atoms with E-state index < -0.39 is 0 Å². The fourth-order valence-corrected chi connectivity index (χ4v) is 3.53. The van der Waals surface area contributed by atoms with E-state index in [1.54, 1.807) is 25.3 Å².